The van der Waals surface area contributed by atoms with E-state index < -0.39 is 0 Å². The molecule has 0 unspecified atom stereocenters. The first-order valence-corrected chi connectivity index (χ1v) is 9.32. The van der Waals surface area contributed by atoms with E-state index in [0.29, 0.717) is 58.8 Å². The Kier molecular flexibility index (Phi) is 6.26. The molecule has 8 heteroatoms. The van der Waals surface area contributed by atoms with Crippen molar-refractivity contribution in [3.63, 3.8) is 0 Å². The molecule has 0 radical (unpaired) electrons. The van der Waals surface area contributed by atoms with Crippen molar-refractivity contribution in [1.82, 2.24) is 19.9 Å². The van der Waals surface area contributed by atoms with Gasteiger partial charge in [0.15, 0.2) is 0 Å². The second-order valence-electron chi connectivity index (χ2n) is 6.95. The number of amides is 2. The monoisotopic (exact) mass is 364 g/mol. The van der Waals surface area contributed by atoms with Gasteiger partial charge in [0.05, 0.1) is 25.5 Å². The van der Waals surface area contributed by atoms with Crippen LogP contribution in [0.1, 0.15) is 23.4 Å². The zero-order chi connectivity index (χ0) is 18.5. The Hall–Kier alpha value is -1.93. The van der Waals surface area contributed by atoms with Gasteiger partial charge in [0.1, 0.15) is 5.76 Å². The molecular weight excluding hydrogens is 336 g/mol. The molecule has 1 aromatic heterocycles. The molecule has 0 N–H and O–H groups in total. The van der Waals surface area contributed by atoms with E-state index in [1.54, 1.807) is 0 Å². The highest BCUT2D eigenvalue weighted by Gasteiger charge is 2.25. The van der Waals surface area contributed by atoms with Crippen LogP contribution in [0.3, 0.4) is 0 Å². The molecule has 0 aliphatic carbocycles. The lowest BCUT2D eigenvalue weighted by atomic mass is 10.1. The lowest BCUT2D eigenvalue weighted by molar-refractivity contribution is -0.137. The van der Waals surface area contributed by atoms with Crippen molar-refractivity contribution in [1.29, 1.82) is 0 Å². The van der Waals surface area contributed by atoms with Crippen LogP contribution in [0.5, 0.6) is 0 Å². The van der Waals surface area contributed by atoms with Gasteiger partial charge in [-0.15, -0.1) is 0 Å². The fourth-order valence-corrected chi connectivity index (χ4v) is 3.51. The number of hydrogen-bond acceptors (Lipinski definition) is 6. The van der Waals surface area contributed by atoms with Gasteiger partial charge in [-0.3, -0.25) is 14.5 Å². The summed E-state index contributed by atoms with van der Waals surface area (Å²) in [5.41, 5.74) is 1.90. The zero-order valence-electron chi connectivity index (χ0n) is 15.7. The standard InChI is InChI=1S/C18H28N4O4/c1-14-16(15(2)26-19-14)3-4-17(23)21-7-5-20(6-8-21)13-18(24)22-9-11-25-12-10-22/h3-13H2,1-2H3. The Morgan fingerprint density at radius 3 is 2.23 bits per heavy atom. The zero-order valence-corrected chi connectivity index (χ0v) is 15.7. The fraction of sp³-hybridized carbons (Fsp3) is 0.722. The van der Waals surface area contributed by atoms with Crippen molar-refractivity contribution in [2.45, 2.75) is 26.7 Å². The molecule has 2 fully saturated rings. The van der Waals surface area contributed by atoms with Crippen molar-refractivity contribution in [3.05, 3.63) is 17.0 Å². The minimum absolute atomic E-state index is 0.157. The van der Waals surface area contributed by atoms with Crippen molar-refractivity contribution >= 4 is 11.8 Å². The van der Waals surface area contributed by atoms with Crippen molar-refractivity contribution in [2.24, 2.45) is 0 Å². The van der Waals surface area contributed by atoms with E-state index in [9.17, 15) is 9.59 Å². The molecule has 2 aliphatic heterocycles. The van der Waals surface area contributed by atoms with Crippen LogP contribution >= 0.6 is 0 Å². The number of ether oxygens (including phenoxy) is 1. The van der Waals surface area contributed by atoms with Gasteiger partial charge in [0, 0.05) is 51.3 Å². The number of carbonyl (C=O) groups is 2. The van der Waals surface area contributed by atoms with E-state index in [1.165, 1.54) is 0 Å². The number of nitrogens with zero attached hydrogens (tertiary/aromatic N) is 4. The van der Waals surface area contributed by atoms with E-state index in [2.05, 4.69) is 10.1 Å². The van der Waals surface area contributed by atoms with Crippen LogP contribution in [-0.2, 0) is 20.7 Å². The lowest BCUT2D eigenvalue weighted by Gasteiger charge is -2.36. The Balaban J connectivity index is 1.40. The second kappa shape index (κ2) is 8.64. The normalized spacial score (nSPS) is 19.0. The minimum Gasteiger partial charge on any atom is -0.378 e. The summed E-state index contributed by atoms with van der Waals surface area (Å²) in [6, 6.07) is 0. The fourth-order valence-electron chi connectivity index (χ4n) is 3.51. The Bertz CT molecular complexity index is 612. The first-order chi connectivity index (χ1) is 12.5. The molecule has 0 aromatic carbocycles. The molecule has 0 atom stereocenters. The topological polar surface area (TPSA) is 79.1 Å². The molecule has 8 nitrogen and oxygen atoms in total. The largest absolute Gasteiger partial charge is 0.378 e. The predicted octanol–water partition coefficient (Wildman–Crippen LogP) is 0.227. The Morgan fingerprint density at radius 1 is 0.962 bits per heavy atom. The van der Waals surface area contributed by atoms with Crippen LogP contribution in [0, 0.1) is 13.8 Å². The van der Waals surface area contributed by atoms with Crippen LogP contribution in [0.25, 0.3) is 0 Å². The molecule has 3 rings (SSSR count). The summed E-state index contributed by atoms with van der Waals surface area (Å²) in [5.74, 6) is 1.11. The molecule has 3 heterocycles. The summed E-state index contributed by atoms with van der Waals surface area (Å²) in [6.07, 6.45) is 1.13. The maximum absolute atomic E-state index is 12.5. The number of piperazine rings is 1. The number of aromatic nitrogens is 1. The van der Waals surface area contributed by atoms with Gasteiger partial charge in [0.25, 0.3) is 0 Å². The highest BCUT2D eigenvalue weighted by atomic mass is 16.5. The number of rotatable bonds is 5. The van der Waals surface area contributed by atoms with E-state index in [-0.39, 0.29) is 11.8 Å². The van der Waals surface area contributed by atoms with Gasteiger partial charge in [-0.25, -0.2) is 0 Å². The molecule has 2 aliphatic rings. The van der Waals surface area contributed by atoms with Crippen molar-refractivity contribution < 1.29 is 18.8 Å². The van der Waals surface area contributed by atoms with Gasteiger partial charge in [-0.1, -0.05) is 5.16 Å². The second-order valence-corrected chi connectivity index (χ2v) is 6.95. The SMILES string of the molecule is Cc1noc(C)c1CCC(=O)N1CCN(CC(=O)N2CCOCC2)CC1. The summed E-state index contributed by atoms with van der Waals surface area (Å²) >= 11 is 0. The maximum Gasteiger partial charge on any atom is 0.236 e. The van der Waals surface area contributed by atoms with Gasteiger partial charge in [-0.05, 0) is 20.3 Å². The molecule has 2 amide bonds. The van der Waals surface area contributed by atoms with E-state index >= 15 is 0 Å². The molecule has 1 aromatic rings. The van der Waals surface area contributed by atoms with E-state index in [0.717, 1.165) is 30.1 Å². The van der Waals surface area contributed by atoms with Gasteiger partial charge >= 0.3 is 0 Å². The highest BCUT2D eigenvalue weighted by Crippen LogP contribution is 2.15. The summed E-state index contributed by atoms with van der Waals surface area (Å²) in [7, 11) is 0. The number of aryl methyl sites for hydroxylation is 2. The average Bonchev–Trinajstić information content (AvgIpc) is 2.99. The van der Waals surface area contributed by atoms with Crippen LogP contribution < -0.4 is 0 Å². The average molecular weight is 364 g/mol. The number of hydrogen-bond donors (Lipinski definition) is 0. The maximum atomic E-state index is 12.5. The predicted molar refractivity (Wildman–Crippen MR) is 94.7 cm³/mol. The van der Waals surface area contributed by atoms with Gasteiger partial charge in [0.2, 0.25) is 11.8 Å². The molecule has 0 bridgehead atoms. The minimum atomic E-state index is 0.157. The molecule has 26 heavy (non-hydrogen) atoms. The molecule has 0 saturated carbocycles. The van der Waals surface area contributed by atoms with E-state index in [4.69, 9.17) is 9.26 Å². The Labute approximate surface area is 154 Å². The third-order valence-corrected chi connectivity index (χ3v) is 5.22. The van der Waals surface area contributed by atoms with Crippen molar-refractivity contribution in [3.8, 4) is 0 Å². The molecule has 0 spiro atoms. The number of morpholine rings is 1. The molecule has 144 valence electrons. The first kappa shape index (κ1) is 18.8. The molecule has 2 saturated heterocycles. The third-order valence-electron chi connectivity index (χ3n) is 5.22. The first-order valence-electron chi connectivity index (χ1n) is 9.32. The highest BCUT2D eigenvalue weighted by molar-refractivity contribution is 5.78. The molecular formula is C18H28N4O4. The smallest absolute Gasteiger partial charge is 0.236 e. The van der Waals surface area contributed by atoms with Crippen LogP contribution in [-0.4, -0.2) is 90.7 Å². The summed E-state index contributed by atoms with van der Waals surface area (Å²) < 4.78 is 10.4. The lowest BCUT2D eigenvalue weighted by Crippen LogP contribution is -2.52. The third kappa shape index (κ3) is 4.62. The van der Waals surface area contributed by atoms with Crippen molar-refractivity contribution in [2.75, 3.05) is 59.0 Å². The number of carbonyl (C=O) groups excluding carboxylic acids is 2. The van der Waals surface area contributed by atoms with Crippen LogP contribution in [0.2, 0.25) is 0 Å². The summed E-state index contributed by atoms with van der Waals surface area (Å²) in [5, 5.41) is 3.93. The van der Waals surface area contributed by atoms with Crippen LogP contribution in [0.15, 0.2) is 4.52 Å². The van der Waals surface area contributed by atoms with Crippen LogP contribution in [0.4, 0.5) is 0 Å². The summed E-state index contributed by atoms with van der Waals surface area (Å²) in [6.45, 7) is 9.66. The Morgan fingerprint density at radius 2 is 1.62 bits per heavy atom. The van der Waals surface area contributed by atoms with E-state index in [1.807, 2.05) is 23.6 Å². The summed E-state index contributed by atoms with van der Waals surface area (Å²) in [4.78, 5) is 30.7. The quantitative estimate of drug-likeness (QED) is 0.744. The van der Waals surface area contributed by atoms with Gasteiger partial charge < -0.3 is 19.1 Å². The van der Waals surface area contributed by atoms with Gasteiger partial charge in [-0.2, -0.15) is 0 Å².